The molecule has 0 bridgehead atoms. The number of hydrogen-bond acceptors (Lipinski definition) is 3. The van der Waals surface area contributed by atoms with Crippen molar-refractivity contribution >= 4 is 0 Å². The minimum absolute atomic E-state index is 0.0617. The molecular formula is C13H14N4. The fourth-order valence-corrected chi connectivity index (χ4v) is 1.99. The van der Waals surface area contributed by atoms with Crippen molar-refractivity contribution in [3.63, 3.8) is 0 Å². The molecule has 2 unspecified atom stereocenters. The third kappa shape index (κ3) is 2.19. The highest BCUT2D eigenvalue weighted by molar-refractivity contribution is 5.24. The maximum absolute atomic E-state index is 9.01. The summed E-state index contributed by atoms with van der Waals surface area (Å²) < 4.78 is 1.82. The summed E-state index contributed by atoms with van der Waals surface area (Å²) in [5.41, 5.74) is 7.11. The normalized spacial score (nSPS) is 13.9. The van der Waals surface area contributed by atoms with Gasteiger partial charge in [0.2, 0.25) is 5.82 Å². The van der Waals surface area contributed by atoms with Crippen molar-refractivity contribution in [2.24, 2.45) is 5.73 Å². The molecule has 0 saturated carbocycles. The Morgan fingerprint density at radius 1 is 1.35 bits per heavy atom. The summed E-state index contributed by atoms with van der Waals surface area (Å²) in [6, 6.07) is 11.8. The molecule has 0 radical (unpaired) electrons. The van der Waals surface area contributed by atoms with Crippen LogP contribution in [0.25, 0.3) is 0 Å². The highest BCUT2D eigenvalue weighted by Crippen LogP contribution is 2.22. The van der Waals surface area contributed by atoms with Crippen LogP contribution < -0.4 is 5.73 Å². The van der Waals surface area contributed by atoms with Crippen LogP contribution in [0.4, 0.5) is 0 Å². The average Bonchev–Trinajstić information content (AvgIpc) is 2.78. The number of nitrogens with two attached hydrogens (primary N) is 1. The van der Waals surface area contributed by atoms with Crippen molar-refractivity contribution < 1.29 is 0 Å². The molecule has 0 amide bonds. The van der Waals surface area contributed by atoms with E-state index in [1.54, 1.807) is 12.4 Å². The zero-order valence-electron chi connectivity index (χ0n) is 9.62. The third-order valence-electron chi connectivity index (χ3n) is 2.71. The lowest BCUT2D eigenvalue weighted by atomic mass is 10.0. The molecular weight excluding hydrogens is 212 g/mol. The molecule has 2 N–H and O–H groups in total. The van der Waals surface area contributed by atoms with Crippen molar-refractivity contribution in [3.8, 4) is 6.07 Å². The van der Waals surface area contributed by atoms with Gasteiger partial charge in [-0.2, -0.15) is 5.26 Å². The number of rotatable bonds is 3. The van der Waals surface area contributed by atoms with Crippen molar-refractivity contribution in [1.29, 1.82) is 5.26 Å². The largest absolute Gasteiger partial charge is 0.326 e. The monoisotopic (exact) mass is 226 g/mol. The lowest BCUT2D eigenvalue weighted by Gasteiger charge is -2.23. The van der Waals surface area contributed by atoms with Crippen LogP contribution in [0.5, 0.6) is 0 Å². The van der Waals surface area contributed by atoms with Gasteiger partial charge >= 0.3 is 0 Å². The first-order chi connectivity index (χ1) is 8.24. The fraction of sp³-hybridized carbons (Fsp3) is 0.231. The van der Waals surface area contributed by atoms with E-state index in [1.807, 2.05) is 41.8 Å². The molecule has 2 rings (SSSR count). The zero-order chi connectivity index (χ0) is 12.3. The van der Waals surface area contributed by atoms with Gasteiger partial charge in [-0.3, -0.25) is 0 Å². The fourth-order valence-electron chi connectivity index (χ4n) is 1.99. The van der Waals surface area contributed by atoms with Crippen LogP contribution in [0.2, 0.25) is 0 Å². The molecule has 0 aliphatic heterocycles. The van der Waals surface area contributed by atoms with Crippen LogP contribution in [0.15, 0.2) is 42.7 Å². The van der Waals surface area contributed by atoms with Gasteiger partial charge in [-0.05, 0) is 12.5 Å². The highest BCUT2D eigenvalue weighted by atomic mass is 15.1. The molecule has 4 heteroatoms. The SMILES string of the molecule is CC(N)C(c1ccccc1)n1ccnc1C#N. The Labute approximate surface area is 100 Å². The molecule has 0 aliphatic rings. The number of imidazole rings is 1. The summed E-state index contributed by atoms with van der Waals surface area (Å²) >= 11 is 0. The summed E-state index contributed by atoms with van der Waals surface area (Å²) in [6.07, 6.45) is 3.41. The van der Waals surface area contributed by atoms with Gasteiger partial charge in [0, 0.05) is 18.4 Å². The average molecular weight is 226 g/mol. The van der Waals surface area contributed by atoms with Crippen molar-refractivity contribution in [3.05, 3.63) is 54.1 Å². The smallest absolute Gasteiger partial charge is 0.213 e. The predicted molar refractivity (Wildman–Crippen MR) is 65.2 cm³/mol. The molecule has 2 aromatic rings. The van der Waals surface area contributed by atoms with Gasteiger partial charge in [0.1, 0.15) is 6.07 Å². The minimum Gasteiger partial charge on any atom is -0.326 e. The van der Waals surface area contributed by atoms with Crippen LogP contribution in [0.3, 0.4) is 0 Å². The molecule has 1 aromatic heterocycles. The maximum atomic E-state index is 9.01. The molecule has 0 spiro atoms. The van der Waals surface area contributed by atoms with Crippen LogP contribution in [0, 0.1) is 11.3 Å². The van der Waals surface area contributed by atoms with Gasteiger partial charge < -0.3 is 10.3 Å². The van der Waals surface area contributed by atoms with Crippen LogP contribution in [-0.4, -0.2) is 15.6 Å². The predicted octanol–water partition coefficient (Wildman–Crippen LogP) is 1.69. The minimum atomic E-state index is -0.0984. The molecule has 4 nitrogen and oxygen atoms in total. The van der Waals surface area contributed by atoms with Gasteiger partial charge in [-0.1, -0.05) is 30.3 Å². The van der Waals surface area contributed by atoms with Crippen molar-refractivity contribution in [2.75, 3.05) is 0 Å². The van der Waals surface area contributed by atoms with E-state index in [4.69, 9.17) is 11.0 Å². The summed E-state index contributed by atoms with van der Waals surface area (Å²) in [6.45, 7) is 1.93. The van der Waals surface area contributed by atoms with Crippen molar-refractivity contribution in [1.82, 2.24) is 9.55 Å². The standard InChI is InChI=1S/C13H14N4/c1-10(15)13(11-5-3-2-4-6-11)17-8-7-16-12(17)9-14/h2-8,10,13H,15H2,1H3. The van der Waals surface area contributed by atoms with E-state index in [0.717, 1.165) is 5.56 Å². The van der Waals surface area contributed by atoms with Gasteiger partial charge in [0.25, 0.3) is 0 Å². The third-order valence-corrected chi connectivity index (χ3v) is 2.71. The van der Waals surface area contributed by atoms with Gasteiger partial charge in [0.15, 0.2) is 0 Å². The lowest BCUT2D eigenvalue weighted by Crippen LogP contribution is -2.30. The van der Waals surface area contributed by atoms with Gasteiger partial charge in [0.05, 0.1) is 6.04 Å². The Kier molecular flexibility index (Phi) is 3.22. The number of nitrogens with zero attached hydrogens (tertiary/aromatic N) is 3. The van der Waals surface area contributed by atoms with E-state index in [2.05, 4.69) is 11.1 Å². The highest BCUT2D eigenvalue weighted by Gasteiger charge is 2.20. The number of benzene rings is 1. The molecule has 0 saturated heterocycles. The first-order valence-corrected chi connectivity index (χ1v) is 5.47. The number of hydrogen-bond donors (Lipinski definition) is 1. The molecule has 0 fully saturated rings. The maximum Gasteiger partial charge on any atom is 0.213 e. The van der Waals surface area contributed by atoms with E-state index in [0.29, 0.717) is 5.82 Å². The summed E-state index contributed by atoms with van der Waals surface area (Å²) in [5.74, 6) is 0.385. The molecule has 2 atom stereocenters. The second-order valence-corrected chi connectivity index (χ2v) is 3.98. The first-order valence-electron chi connectivity index (χ1n) is 5.47. The molecule has 1 heterocycles. The van der Waals surface area contributed by atoms with E-state index in [-0.39, 0.29) is 12.1 Å². The van der Waals surface area contributed by atoms with Crippen LogP contribution in [-0.2, 0) is 0 Å². The number of aromatic nitrogens is 2. The first kappa shape index (κ1) is 11.4. The van der Waals surface area contributed by atoms with Crippen molar-refractivity contribution in [2.45, 2.75) is 19.0 Å². The molecule has 17 heavy (non-hydrogen) atoms. The van der Waals surface area contributed by atoms with Crippen LogP contribution in [0.1, 0.15) is 24.4 Å². The summed E-state index contributed by atoms with van der Waals surface area (Å²) in [4.78, 5) is 4.01. The lowest BCUT2D eigenvalue weighted by molar-refractivity contribution is 0.492. The van der Waals surface area contributed by atoms with E-state index in [9.17, 15) is 0 Å². The molecule has 1 aromatic carbocycles. The molecule has 86 valence electrons. The number of nitriles is 1. The van der Waals surface area contributed by atoms with Gasteiger partial charge in [-0.25, -0.2) is 4.98 Å². The summed E-state index contributed by atoms with van der Waals surface area (Å²) in [5, 5.41) is 9.01. The quantitative estimate of drug-likeness (QED) is 0.866. The zero-order valence-corrected chi connectivity index (χ0v) is 9.62. The Morgan fingerprint density at radius 2 is 2.06 bits per heavy atom. The topological polar surface area (TPSA) is 67.6 Å². The Hall–Kier alpha value is -2.12. The Morgan fingerprint density at radius 3 is 2.65 bits per heavy atom. The molecule has 0 aliphatic carbocycles. The summed E-state index contributed by atoms with van der Waals surface area (Å²) in [7, 11) is 0. The van der Waals surface area contributed by atoms with E-state index in [1.165, 1.54) is 0 Å². The Balaban J connectivity index is 2.48. The Bertz CT molecular complexity index is 522. The second kappa shape index (κ2) is 4.81. The van der Waals surface area contributed by atoms with Gasteiger partial charge in [-0.15, -0.1) is 0 Å². The van der Waals surface area contributed by atoms with Crippen LogP contribution >= 0.6 is 0 Å². The van der Waals surface area contributed by atoms with E-state index >= 15 is 0 Å². The second-order valence-electron chi connectivity index (χ2n) is 3.98. The van der Waals surface area contributed by atoms with E-state index < -0.39 is 0 Å².